The number of nitrogens with one attached hydrogen (secondary N) is 2. The Morgan fingerprint density at radius 1 is 1.10 bits per heavy atom. The van der Waals surface area contributed by atoms with Crippen molar-refractivity contribution in [1.29, 1.82) is 0 Å². The summed E-state index contributed by atoms with van der Waals surface area (Å²) in [7, 11) is 1.57. The quantitative estimate of drug-likeness (QED) is 0.609. The van der Waals surface area contributed by atoms with Crippen LogP contribution in [0.4, 0.5) is 4.79 Å². The maximum atomic E-state index is 13.2. The number of carbonyl (C=O) groups excluding carboxylic acids is 2. The number of ether oxygens (including phenoxy) is 3. The first-order chi connectivity index (χ1) is 15.0. The van der Waals surface area contributed by atoms with E-state index in [1.807, 2.05) is 19.1 Å². The van der Waals surface area contributed by atoms with Gasteiger partial charge in [-0.05, 0) is 56.7 Å². The van der Waals surface area contributed by atoms with Crippen LogP contribution in [-0.2, 0) is 9.53 Å². The Morgan fingerprint density at radius 3 is 2.48 bits per heavy atom. The van der Waals surface area contributed by atoms with E-state index in [2.05, 4.69) is 10.6 Å². The molecule has 2 N–H and O–H groups in total. The number of amides is 2. The molecule has 1 fully saturated rings. The van der Waals surface area contributed by atoms with Gasteiger partial charge in [-0.2, -0.15) is 0 Å². The minimum absolute atomic E-state index is 0.0780. The molecule has 1 saturated carbocycles. The summed E-state index contributed by atoms with van der Waals surface area (Å²) in [4.78, 5) is 25.4. The molecule has 2 aliphatic rings. The zero-order valence-electron chi connectivity index (χ0n) is 18.8. The number of methoxy groups -OCH3 is 1. The summed E-state index contributed by atoms with van der Waals surface area (Å²) in [5.74, 6) is 0.808. The summed E-state index contributed by atoms with van der Waals surface area (Å²) in [5, 5.41) is 5.57. The summed E-state index contributed by atoms with van der Waals surface area (Å²) in [6, 6.07) is 4.49. The Morgan fingerprint density at radius 2 is 1.81 bits per heavy atom. The fourth-order valence-corrected chi connectivity index (χ4v) is 4.16. The van der Waals surface area contributed by atoms with Gasteiger partial charge in [0.05, 0.1) is 25.3 Å². The van der Waals surface area contributed by atoms with E-state index in [1.165, 1.54) is 19.3 Å². The molecule has 1 aliphatic carbocycles. The van der Waals surface area contributed by atoms with E-state index in [0.29, 0.717) is 29.4 Å². The van der Waals surface area contributed by atoms with Crippen molar-refractivity contribution in [3.05, 3.63) is 35.0 Å². The lowest BCUT2D eigenvalue weighted by atomic mass is 9.94. The maximum absolute atomic E-state index is 13.2. The molecule has 31 heavy (non-hydrogen) atoms. The van der Waals surface area contributed by atoms with E-state index >= 15 is 0 Å². The second-order valence-electron chi connectivity index (χ2n) is 8.20. The van der Waals surface area contributed by atoms with Crippen LogP contribution in [0, 0.1) is 0 Å². The van der Waals surface area contributed by atoms with Crippen molar-refractivity contribution in [2.75, 3.05) is 13.7 Å². The van der Waals surface area contributed by atoms with Gasteiger partial charge in [0.25, 0.3) is 0 Å². The van der Waals surface area contributed by atoms with E-state index in [0.717, 1.165) is 37.7 Å². The van der Waals surface area contributed by atoms with Gasteiger partial charge in [-0.3, -0.25) is 0 Å². The third-order valence-corrected chi connectivity index (χ3v) is 5.80. The molecule has 2 amide bonds. The Bertz CT molecular complexity index is 812. The van der Waals surface area contributed by atoms with Crippen molar-refractivity contribution in [1.82, 2.24) is 10.6 Å². The van der Waals surface area contributed by atoms with Gasteiger partial charge in [-0.1, -0.05) is 32.3 Å². The largest absolute Gasteiger partial charge is 0.493 e. The van der Waals surface area contributed by atoms with Crippen LogP contribution < -0.4 is 20.1 Å². The molecule has 0 radical (unpaired) electrons. The number of hydrogen-bond donors (Lipinski definition) is 2. The normalized spacial score (nSPS) is 20.2. The van der Waals surface area contributed by atoms with E-state index in [1.54, 1.807) is 20.1 Å². The van der Waals surface area contributed by atoms with E-state index in [4.69, 9.17) is 14.2 Å². The van der Waals surface area contributed by atoms with Crippen LogP contribution in [0.15, 0.2) is 29.5 Å². The van der Waals surface area contributed by atoms with Crippen LogP contribution in [0.1, 0.15) is 76.8 Å². The highest BCUT2D eigenvalue weighted by atomic mass is 16.5. The van der Waals surface area contributed by atoms with Crippen LogP contribution in [0.25, 0.3) is 0 Å². The summed E-state index contributed by atoms with van der Waals surface area (Å²) in [6.45, 7) is 4.35. The van der Waals surface area contributed by atoms with Gasteiger partial charge in [0.1, 0.15) is 6.10 Å². The van der Waals surface area contributed by atoms with Gasteiger partial charge < -0.3 is 24.8 Å². The molecule has 1 aromatic carbocycles. The predicted octanol–water partition coefficient (Wildman–Crippen LogP) is 4.77. The van der Waals surface area contributed by atoms with Gasteiger partial charge in [0, 0.05) is 5.70 Å². The highest BCUT2D eigenvalue weighted by Crippen LogP contribution is 2.35. The van der Waals surface area contributed by atoms with Crippen LogP contribution in [0.2, 0.25) is 0 Å². The number of esters is 1. The second-order valence-corrected chi connectivity index (χ2v) is 8.20. The third kappa shape index (κ3) is 5.93. The first-order valence-corrected chi connectivity index (χ1v) is 11.3. The first-order valence-electron chi connectivity index (χ1n) is 11.3. The zero-order chi connectivity index (χ0) is 22.2. The summed E-state index contributed by atoms with van der Waals surface area (Å²) >= 11 is 0. The van der Waals surface area contributed by atoms with Gasteiger partial charge in [0.15, 0.2) is 11.5 Å². The lowest BCUT2D eigenvalue weighted by molar-refractivity contribution is -0.145. The molecule has 7 nitrogen and oxygen atoms in total. The van der Waals surface area contributed by atoms with Crippen molar-refractivity contribution >= 4 is 12.0 Å². The molecule has 170 valence electrons. The Labute approximate surface area is 184 Å². The molecule has 0 bridgehead atoms. The number of hydrogen-bond acceptors (Lipinski definition) is 5. The summed E-state index contributed by atoms with van der Waals surface area (Å²) in [5.41, 5.74) is 1.67. The van der Waals surface area contributed by atoms with Crippen molar-refractivity contribution in [3.63, 3.8) is 0 Å². The molecule has 1 unspecified atom stereocenters. The maximum Gasteiger partial charge on any atom is 0.338 e. The number of rotatable bonds is 7. The molecule has 0 aromatic heterocycles. The standard InChI is InChI=1S/C24H34N2O5/c1-4-14-30-19-13-12-17(15-20(19)29-3)22-21(16(2)25-24(28)26-22)23(27)31-18-10-8-6-5-7-9-11-18/h12-13,15,18,22H,4-11,14H2,1-3H3,(H2,25,26,28). The zero-order valence-corrected chi connectivity index (χ0v) is 18.8. The molecule has 1 atom stereocenters. The molecule has 0 spiro atoms. The van der Waals surface area contributed by atoms with Crippen molar-refractivity contribution in [3.8, 4) is 11.5 Å². The van der Waals surface area contributed by atoms with Gasteiger partial charge in [-0.15, -0.1) is 0 Å². The van der Waals surface area contributed by atoms with Crippen LogP contribution in [-0.4, -0.2) is 31.8 Å². The summed E-state index contributed by atoms with van der Waals surface area (Å²) < 4.78 is 17.1. The van der Waals surface area contributed by atoms with E-state index in [9.17, 15) is 9.59 Å². The van der Waals surface area contributed by atoms with E-state index in [-0.39, 0.29) is 18.1 Å². The lowest BCUT2D eigenvalue weighted by Gasteiger charge is -2.30. The average Bonchev–Trinajstić information content (AvgIpc) is 2.73. The van der Waals surface area contributed by atoms with Crippen LogP contribution in [0.3, 0.4) is 0 Å². The topological polar surface area (TPSA) is 85.9 Å². The lowest BCUT2D eigenvalue weighted by Crippen LogP contribution is -2.45. The SMILES string of the molecule is CCCOc1ccc(C2NC(=O)NC(C)=C2C(=O)OC2CCCCCCC2)cc1OC. The Hall–Kier alpha value is -2.70. The second kappa shape index (κ2) is 11.1. The van der Waals surface area contributed by atoms with Gasteiger partial charge >= 0.3 is 12.0 Å². The Kier molecular flexibility index (Phi) is 8.20. The molecule has 3 rings (SSSR count). The fraction of sp³-hybridized carbons (Fsp3) is 0.583. The number of allylic oxidation sites excluding steroid dienone is 1. The molecule has 1 aliphatic heterocycles. The average molecular weight is 431 g/mol. The van der Waals surface area contributed by atoms with Gasteiger partial charge in [-0.25, -0.2) is 9.59 Å². The molecular weight excluding hydrogens is 396 g/mol. The van der Waals surface area contributed by atoms with Gasteiger partial charge in [0.2, 0.25) is 0 Å². The third-order valence-electron chi connectivity index (χ3n) is 5.80. The molecular formula is C24H34N2O5. The first kappa shape index (κ1) is 23.0. The van der Waals surface area contributed by atoms with Crippen molar-refractivity contribution < 1.29 is 23.8 Å². The molecule has 1 aromatic rings. The highest BCUT2D eigenvalue weighted by molar-refractivity contribution is 5.95. The monoisotopic (exact) mass is 430 g/mol. The minimum atomic E-state index is -0.621. The van der Waals surface area contributed by atoms with E-state index < -0.39 is 6.04 Å². The predicted molar refractivity (Wildman–Crippen MR) is 118 cm³/mol. The van der Waals surface area contributed by atoms with Crippen LogP contribution >= 0.6 is 0 Å². The smallest absolute Gasteiger partial charge is 0.338 e. The molecule has 1 heterocycles. The Balaban J connectivity index is 1.84. The number of carbonyl (C=O) groups is 2. The molecule has 7 heteroatoms. The van der Waals surface area contributed by atoms with Crippen molar-refractivity contribution in [2.24, 2.45) is 0 Å². The van der Waals surface area contributed by atoms with Crippen molar-refractivity contribution in [2.45, 2.75) is 77.4 Å². The number of urea groups is 1. The number of benzene rings is 1. The fourth-order valence-electron chi connectivity index (χ4n) is 4.16. The summed E-state index contributed by atoms with van der Waals surface area (Å²) in [6.07, 6.45) is 8.35. The minimum Gasteiger partial charge on any atom is -0.493 e. The molecule has 0 saturated heterocycles. The van der Waals surface area contributed by atoms with Crippen LogP contribution in [0.5, 0.6) is 11.5 Å². The highest BCUT2D eigenvalue weighted by Gasteiger charge is 2.34.